The molecule has 0 aliphatic rings. The minimum Gasteiger partial charge on any atom is -0.479 e. The van der Waals surface area contributed by atoms with E-state index in [1.165, 1.54) is 17.3 Å². The molecule has 0 saturated carbocycles. The lowest BCUT2D eigenvalue weighted by Gasteiger charge is -2.29. The third kappa shape index (κ3) is 1.88. The summed E-state index contributed by atoms with van der Waals surface area (Å²) in [5.74, 6) is -0.916. The molecule has 1 unspecified atom stereocenters. The maximum absolute atomic E-state index is 11.8. The van der Waals surface area contributed by atoms with Crippen LogP contribution in [0.2, 0.25) is 0 Å². The number of rotatable bonds is 5. The van der Waals surface area contributed by atoms with E-state index in [1.807, 2.05) is 37.3 Å². The Kier molecular flexibility index (Phi) is 3.41. The predicted molar refractivity (Wildman–Crippen MR) is 66.1 cm³/mol. The lowest BCUT2D eigenvalue weighted by Crippen LogP contribution is -2.43. The topological polar surface area (TPSA) is 68.0 Å². The van der Waals surface area contributed by atoms with E-state index in [2.05, 4.69) is 10.1 Å². The molecular weight excluding hydrogens is 230 g/mol. The minimum absolute atomic E-state index is 0.468. The maximum Gasteiger partial charge on any atom is 0.336 e. The van der Waals surface area contributed by atoms with Crippen LogP contribution in [0, 0.1) is 0 Å². The zero-order chi connectivity index (χ0) is 13.0. The van der Waals surface area contributed by atoms with E-state index in [0.29, 0.717) is 12.0 Å². The van der Waals surface area contributed by atoms with Crippen molar-refractivity contribution in [3.05, 3.63) is 48.5 Å². The Labute approximate surface area is 105 Å². The summed E-state index contributed by atoms with van der Waals surface area (Å²) >= 11 is 0. The van der Waals surface area contributed by atoms with E-state index in [4.69, 9.17) is 0 Å². The Morgan fingerprint density at radius 2 is 2.11 bits per heavy atom. The molecule has 1 aromatic heterocycles. The first-order chi connectivity index (χ1) is 8.71. The second-order valence-corrected chi connectivity index (χ2v) is 4.12. The highest BCUT2D eigenvalue weighted by Crippen LogP contribution is 2.30. The van der Waals surface area contributed by atoms with Gasteiger partial charge in [-0.3, -0.25) is 0 Å². The first-order valence-electron chi connectivity index (χ1n) is 5.86. The molecule has 18 heavy (non-hydrogen) atoms. The SMILES string of the molecule is CCCC(C(=O)O)(c1ccccc1)n1cncn1. The van der Waals surface area contributed by atoms with E-state index in [9.17, 15) is 9.90 Å². The molecular formula is C13H15N3O2. The van der Waals surface area contributed by atoms with Gasteiger partial charge < -0.3 is 5.11 Å². The van der Waals surface area contributed by atoms with Gasteiger partial charge in [-0.15, -0.1) is 0 Å². The summed E-state index contributed by atoms with van der Waals surface area (Å²) in [4.78, 5) is 15.7. The second-order valence-electron chi connectivity index (χ2n) is 4.12. The molecule has 1 atom stereocenters. The van der Waals surface area contributed by atoms with Gasteiger partial charge in [-0.1, -0.05) is 43.7 Å². The molecule has 0 aliphatic carbocycles. The van der Waals surface area contributed by atoms with Gasteiger partial charge in [0.15, 0.2) is 5.54 Å². The van der Waals surface area contributed by atoms with Crippen LogP contribution in [0.5, 0.6) is 0 Å². The number of aromatic nitrogens is 3. The molecule has 1 aromatic carbocycles. The first-order valence-corrected chi connectivity index (χ1v) is 5.86. The van der Waals surface area contributed by atoms with Gasteiger partial charge in [0.25, 0.3) is 0 Å². The molecule has 5 nitrogen and oxygen atoms in total. The van der Waals surface area contributed by atoms with Gasteiger partial charge in [0.1, 0.15) is 12.7 Å². The molecule has 1 heterocycles. The van der Waals surface area contributed by atoms with Crippen molar-refractivity contribution in [3.63, 3.8) is 0 Å². The van der Waals surface area contributed by atoms with E-state index >= 15 is 0 Å². The van der Waals surface area contributed by atoms with Gasteiger partial charge in [0.2, 0.25) is 0 Å². The largest absolute Gasteiger partial charge is 0.479 e. The van der Waals surface area contributed by atoms with Crippen molar-refractivity contribution >= 4 is 5.97 Å². The summed E-state index contributed by atoms with van der Waals surface area (Å²) in [5.41, 5.74) is -0.461. The number of nitrogens with zero attached hydrogens (tertiary/aromatic N) is 3. The van der Waals surface area contributed by atoms with Crippen LogP contribution in [0.25, 0.3) is 0 Å². The number of carboxylic acid groups (broad SMARTS) is 1. The standard InChI is InChI=1S/C13H15N3O2/c1-2-8-13(12(17)18,16-10-14-9-15-16)11-6-4-3-5-7-11/h3-7,9-10H,2,8H2,1H3,(H,17,18). The Hall–Kier alpha value is -2.17. The molecule has 0 spiro atoms. The smallest absolute Gasteiger partial charge is 0.336 e. The molecule has 2 rings (SSSR count). The zero-order valence-electron chi connectivity index (χ0n) is 10.2. The van der Waals surface area contributed by atoms with Crippen molar-refractivity contribution in [1.82, 2.24) is 14.8 Å². The number of benzene rings is 1. The monoisotopic (exact) mass is 245 g/mol. The Morgan fingerprint density at radius 1 is 1.39 bits per heavy atom. The van der Waals surface area contributed by atoms with Gasteiger partial charge in [0, 0.05) is 0 Å². The van der Waals surface area contributed by atoms with Crippen LogP contribution >= 0.6 is 0 Å². The lowest BCUT2D eigenvalue weighted by molar-refractivity contribution is -0.146. The fourth-order valence-corrected chi connectivity index (χ4v) is 2.20. The Morgan fingerprint density at radius 3 is 2.61 bits per heavy atom. The van der Waals surface area contributed by atoms with Crippen LogP contribution in [0.1, 0.15) is 25.3 Å². The van der Waals surface area contributed by atoms with Crippen LogP contribution in [0.4, 0.5) is 0 Å². The summed E-state index contributed by atoms with van der Waals surface area (Å²) in [6, 6.07) is 9.15. The van der Waals surface area contributed by atoms with Crippen molar-refractivity contribution < 1.29 is 9.90 Å². The van der Waals surface area contributed by atoms with Gasteiger partial charge in [-0.2, -0.15) is 5.10 Å². The normalized spacial score (nSPS) is 14.1. The van der Waals surface area contributed by atoms with Crippen LogP contribution in [0.3, 0.4) is 0 Å². The number of hydrogen-bond acceptors (Lipinski definition) is 3. The Bertz CT molecular complexity index is 510. The first kappa shape index (κ1) is 12.3. The van der Waals surface area contributed by atoms with Crippen LogP contribution in [0.15, 0.2) is 43.0 Å². The van der Waals surface area contributed by atoms with Gasteiger partial charge in [0.05, 0.1) is 0 Å². The van der Waals surface area contributed by atoms with Gasteiger partial charge in [-0.05, 0) is 12.0 Å². The highest BCUT2D eigenvalue weighted by molar-refractivity contribution is 5.81. The predicted octanol–water partition coefficient (Wildman–Crippen LogP) is 1.91. The molecule has 0 radical (unpaired) electrons. The summed E-state index contributed by atoms with van der Waals surface area (Å²) < 4.78 is 1.42. The van der Waals surface area contributed by atoms with Crippen molar-refractivity contribution in [2.24, 2.45) is 0 Å². The molecule has 94 valence electrons. The summed E-state index contributed by atoms with van der Waals surface area (Å²) in [7, 11) is 0. The van der Waals surface area contributed by atoms with E-state index in [-0.39, 0.29) is 0 Å². The number of carbonyl (C=O) groups is 1. The summed E-state index contributed by atoms with van der Waals surface area (Å²) in [6.07, 6.45) is 4.02. The van der Waals surface area contributed by atoms with Crippen molar-refractivity contribution in [2.45, 2.75) is 25.3 Å². The van der Waals surface area contributed by atoms with Crippen molar-refractivity contribution in [3.8, 4) is 0 Å². The molecule has 2 aromatic rings. The molecule has 0 bridgehead atoms. The van der Waals surface area contributed by atoms with Crippen molar-refractivity contribution in [2.75, 3.05) is 0 Å². The highest BCUT2D eigenvalue weighted by atomic mass is 16.4. The molecule has 5 heteroatoms. The highest BCUT2D eigenvalue weighted by Gasteiger charge is 2.42. The fourth-order valence-electron chi connectivity index (χ4n) is 2.20. The maximum atomic E-state index is 11.8. The number of aliphatic carboxylic acids is 1. The fraction of sp³-hybridized carbons (Fsp3) is 0.308. The lowest BCUT2D eigenvalue weighted by atomic mass is 9.86. The third-order valence-corrected chi connectivity index (χ3v) is 3.03. The average molecular weight is 245 g/mol. The summed E-state index contributed by atoms with van der Waals surface area (Å²) in [5, 5.41) is 13.7. The molecule has 0 aliphatic heterocycles. The van der Waals surface area contributed by atoms with E-state index in [0.717, 1.165) is 6.42 Å². The van der Waals surface area contributed by atoms with Gasteiger partial charge in [-0.25, -0.2) is 14.5 Å². The van der Waals surface area contributed by atoms with Crippen LogP contribution in [-0.2, 0) is 10.3 Å². The zero-order valence-corrected chi connectivity index (χ0v) is 10.2. The molecule has 0 amide bonds. The third-order valence-electron chi connectivity index (χ3n) is 3.03. The Balaban J connectivity index is 2.62. The number of carboxylic acids is 1. The molecule has 0 fully saturated rings. The average Bonchev–Trinajstić information content (AvgIpc) is 2.90. The van der Waals surface area contributed by atoms with Crippen molar-refractivity contribution in [1.29, 1.82) is 0 Å². The van der Waals surface area contributed by atoms with Crippen LogP contribution < -0.4 is 0 Å². The summed E-state index contributed by atoms with van der Waals surface area (Å²) in [6.45, 7) is 1.96. The molecule has 1 N–H and O–H groups in total. The molecule has 0 saturated heterocycles. The van der Waals surface area contributed by atoms with E-state index in [1.54, 1.807) is 0 Å². The van der Waals surface area contributed by atoms with Gasteiger partial charge >= 0.3 is 5.97 Å². The number of hydrogen-bond donors (Lipinski definition) is 1. The van der Waals surface area contributed by atoms with Crippen LogP contribution in [-0.4, -0.2) is 25.8 Å². The quantitative estimate of drug-likeness (QED) is 0.873. The minimum atomic E-state index is -1.17. The van der Waals surface area contributed by atoms with E-state index < -0.39 is 11.5 Å². The second kappa shape index (κ2) is 5.00.